The molecule has 35 heavy (non-hydrogen) atoms. The fourth-order valence-electron chi connectivity index (χ4n) is 2.80. The summed E-state index contributed by atoms with van der Waals surface area (Å²) < 4.78 is 0. The fourth-order valence-corrected chi connectivity index (χ4v) is 2.80. The molecule has 0 radical (unpaired) electrons. The molecule has 4 atom stereocenters. The van der Waals surface area contributed by atoms with Crippen LogP contribution in [0.5, 0.6) is 5.75 Å². The minimum absolute atomic E-state index is 0.0553. The van der Waals surface area contributed by atoms with Gasteiger partial charge in [0.05, 0.1) is 12.5 Å². The van der Waals surface area contributed by atoms with Crippen LogP contribution in [0, 0.1) is 0 Å². The van der Waals surface area contributed by atoms with E-state index in [4.69, 9.17) is 21.1 Å². The van der Waals surface area contributed by atoms with Gasteiger partial charge in [0, 0.05) is 12.8 Å². The van der Waals surface area contributed by atoms with Crippen LogP contribution in [0.2, 0.25) is 0 Å². The number of carboxylic acids is 3. The molecule has 14 heteroatoms. The maximum atomic E-state index is 13.0. The van der Waals surface area contributed by atoms with Gasteiger partial charge < -0.3 is 42.1 Å². The van der Waals surface area contributed by atoms with Crippen LogP contribution in [0.4, 0.5) is 0 Å². The Morgan fingerprint density at radius 1 is 0.829 bits per heavy atom. The zero-order chi connectivity index (χ0) is 26.7. The van der Waals surface area contributed by atoms with Crippen molar-refractivity contribution in [1.82, 2.24) is 16.0 Å². The largest absolute Gasteiger partial charge is 0.508 e. The number of carboxylic acid groups (broad SMARTS) is 3. The minimum atomic E-state index is -1.67. The minimum Gasteiger partial charge on any atom is -0.508 e. The number of nitrogens with one attached hydrogen (secondary N) is 3. The third-order valence-corrected chi connectivity index (χ3v) is 4.76. The maximum Gasteiger partial charge on any atom is 0.325 e. The van der Waals surface area contributed by atoms with Gasteiger partial charge in [0.25, 0.3) is 0 Å². The quantitative estimate of drug-likeness (QED) is 0.142. The third-order valence-electron chi connectivity index (χ3n) is 4.76. The van der Waals surface area contributed by atoms with Gasteiger partial charge >= 0.3 is 17.9 Å². The summed E-state index contributed by atoms with van der Waals surface area (Å²) in [5, 5.41) is 42.9. The molecule has 1 aromatic rings. The predicted molar refractivity (Wildman–Crippen MR) is 118 cm³/mol. The lowest BCUT2D eigenvalue weighted by molar-refractivity contribution is -0.143. The van der Waals surface area contributed by atoms with E-state index in [1.807, 2.05) is 0 Å². The number of phenolic OH excluding ortho intramolecular Hbond substituents is 1. The second-order valence-corrected chi connectivity index (χ2v) is 7.70. The first-order valence-corrected chi connectivity index (χ1v) is 10.4. The van der Waals surface area contributed by atoms with Gasteiger partial charge in [0.2, 0.25) is 17.7 Å². The van der Waals surface area contributed by atoms with E-state index in [0.717, 1.165) is 6.92 Å². The highest BCUT2D eigenvalue weighted by Crippen LogP contribution is 2.12. The van der Waals surface area contributed by atoms with Crippen molar-refractivity contribution in [2.75, 3.05) is 0 Å². The first kappa shape index (κ1) is 28.8. The van der Waals surface area contributed by atoms with Gasteiger partial charge in [-0.05, 0) is 31.0 Å². The molecule has 9 N–H and O–H groups in total. The van der Waals surface area contributed by atoms with Crippen molar-refractivity contribution in [1.29, 1.82) is 0 Å². The second-order valence-electron chi connectivity index (χ2n) is 7.70. The average molecular weight is 496 g/mol. The molecule has 0 aliphatic heterocycles. The molecule has 0 spiro atoms. The summed E-state index contributed by atoms with van der Waals surface area (Å²) in [5.41, 5.74) is 6.16. The van der Waals surface area contributed by atoms with Gasteiger partial charge in [-0.1, -0.05) is 12.1 Å². The Morgan fingerprint density at radius 2 is 1.37 bits per heavy atom. The summed E-state index contributed by atoms with van der Waals surface area (Å²) in [5.74, 6) is -6.96. The van der Waals surface area contributed by atoms with Gasteiger partial charge in [-0.15, -0.1) is 0 Å². The lowest BCUT2D eigenvalue weighted by Gasteiger charge is -2.24. The number of benzene rings is 1. The molecule has 192 valence electrons. The van der Waals surface area contributed by atoms with Gasteiger partial charge in [0.1, 0.15) is 23.9 Å². The summed E-state index contributed by atoms with van der Waals surface area (Å²) in [4.78, 5) is 70.7. The van der Waals surface area contributed by atoms with Gasteiger partial charge in [0.15, 0.2) is 0 Å². The van der Waals surface area contributed by atoms with Crippen molar-refractivity contribution < 1.29 is 49.2 Å². The van der Waals surface area contributed by atoms with Crippen molar-refractivity contribution >= 4 is 35.6 Å². The number of phenols is 1. The highest BCUT2D eigenvalue weighted by atomic mass is 16.4. The summed E-state index contributed by atoms with van der Waals surface area (Å²) in [7, 11) is 0. The number of rotatable bonds is 14. The normalized spacial score (nSPS) is 14.0. The smallest absolute Gasteiger partial charge is 0.325 e. The Bertz CT molecular complexity index is 950. The number of amides is 3. The number of carbonyl (C=O) groups is 6. The molecular weight excluding hydrogens is 468 g/mol. The van der Waals surface area contributed by atoms with E-state index in [1.165, 1.54) is 24.3 Å². The second kappa shape index (κ2) is 13.5. The molecular formula is C21H28N4O10. The number of hydrogen-bond donors (Lipinski definition) is 8. The van der Waals surface area contributed by atoms with Crippen LogP contribution in [0.3, 0.4) is 0 Å². The molecule has 0 saturated heterocycles. The van der Waals surface area contributed by atoms with Crippen molar-refractivity contribution in [3.05, 3.63) is 29.8 Å². The van der Waals surface area contributed by atoms with Crippen LogP contribution < -0.4 is 21.7 Å². The van der Waals surface area contributed by atoms with E-state index in [-0.39, 0.29) is 18.6 Å². The number of hydrogen-bond acceptors (Lipinski definition) is 8. The fraction of sp³-hybridized carbons (Fsp3) is 0.429. The molecule has 0 aromatic heterocycles. The molecule has 0 heterocycles. The third kappa shape index (κ3) is 10.5. The van der Waals surface area contributed by atoms with E-state index in [9.17, 15) is 33.9 Å². The predicted octanol–water partition coefficient (Wildman–Crippen LogP) is -1.84. The van der Waals surface area contributed by atoms with E-state index < -0.39 is 72.6 Å². The first-order chi connectivity index (χ1) is 16.3. The molecule has 0 aliphatic rings. The number of aromatic hydroxyl groups is 1. The zero-order valence-electron chi connectivity index (χ0n) is 18.8. The van der Waals surface area contributed by atoms with E-state index >= 15 is 0 Å². The van der Waals surface area contributed by atoms with Crippen LogP contribution in [0.1, 0.15) is 31.7 Å². The van der Waals surface area contributed by atoms with Gasteiger partial charge in [-0.25, -0.2) is 0 Å². The molecule has 1 aromatic carbocycles. The molecule has 0 aliphatic carbocycles. The monoisotopic (exact) mass is 496 g/mol. The SMILES string of the molecule is CC(NC(=O)C(CC(=O)O)NC(=O)C(Cc1ccc(O)cc1)NC(=O)C(N)CCC(=O)O)C(=O)O. The van der Waals surface area contributed by atoms with Crippen molar-refractivity contribution in [3.8, 4) is 5.75 Å². The standard InChI is InChI=1S/C21H28N4O10/c1-10(21(34)35)23-19(32)15(9-17(29)30)25-20(33)14(8-11-2-4-12(26)5-3-11)24-18(31)13(22)6-7-16(27)28/h2-5,10,13-15,26H,6-9,22H2,1H3,(H,23,32)(H,24,31)(H,25,33)(H,27,28)(H,29,30)(H,34,35). The summed E-state index contributed by atoms with van der Waals surface area (Å²) in [6.07, 6.45) is -1.64. The first-order valence-electron chi connectivity index (χ1n) is 10.4. The van der Waals surface area contributed by atoms with Crippen molar-refractivity contribution in [2.45, 2.75) is 56.8 Å². The van der Waals surface area contributed by atoms with Crippen LogP contribution in [-0.2, 0) is 35.2 Å². The highest BCUT2D eigenvalue weighted by molar-refractivity contribution is 5.95. The number of carbonyl (C=O) groups excluding carboxylic acids is 3. The van der Waals surface area contributed by atoms with Crippen molar-refractivity contribution in [3.63, 3.8) is 0 Å². The highest BCUT2D eigenvalue weighted by Gasteiger charge is 2.31. The molecule has 0 bridgehead atoms. The summed E-state index contributed by atoms with van der Waals surface area (Å²) in [6, 6.07) is -0.0847. The summed E-state index contributed by atoms with van der Waals surface area (Å²) in [6.45, 7) is 1.15. The Hall–Kier alpha value is -4.20. The van der Waals surface area contributed by atoms with Crippen LogP contribution in [0.15, 0.2) is 24.3 Å². The van der Waals surface area contributed by atoms with E-state index in [2.05, 4.69) is 16.0 Å². The van der Waals surface area contributed by atoms with Crippen LogP contribution in [0.25, 0.3) is 0 Å². The van der Waals surface area contributed by atoms with Gasteiger partial charge in [-0.3, -0.25) is 28.8 Å². The molecule has 0 fully saturated rings. The van der Waals surface area contributed by atoms with E-state index in [1.54, 1.807) is 0 Å². The zero-order valence-corrected chi connectivity index (χ0v) is 18.8. The molecule has 0 saturated carbocycles. The van der Waals surface area contributed by atoms with Gasteiger partial charge in [-0.2, -0.15) is 0 Å². The number of nitrogens with two attached hydrogens (primary N) is 1. The molecule has 1 rings (SSSR count). The topological polar surface area (TPSA) is 245 Å². The number of aliphatic carboxylic acids is 3. The Morgan fingerprint density at radius 3 is 1.89 bits per heavy atom. The maximum absolute atomic E-state index is 13.0. The molecule has 4 unspecified atom stereocenters. The Labute approximate surface area is 199 Å². The van der Waals surface area contributed by atoms with Crippen molar-refractivity contribution in [2.24, 2.45) is 5.73 Å². The lowest BCUT2D eigenvalue weighted by atomic mass is 10.0. The van der Waals surface area contributed by atoms with Crippen LogP contribution >= 0.6 is 0 Å². The Kier molecular flexibility index (Phi) is 11.1. The van der Waals surface area contributed by atoms with Crippen LogP contribution in [-0.4, -0.2) is 80.2 Å². The summed E-state index contributed by atoms with van der Waals surface area (Å²) >= 11 is 0. The average Bonchev–Trinajstić information content (AvgIpc) is 2.77. The molecule has 14 nitrogen and oxygen atoms in total. The lowest BCUT2D eigenvalue weighted by Crippen LogP contribution is -2.57. The van der Waals surface area contributed by atoms with E-state index in [0.29, 0.717) is 5.56 Å². The molecule has 3 amide bonds. The Balaban J connectivity index is 3.09.